The van der Waals surface area contributed by atoms with Gasteiger partial charge in [-0.3, -0.25) is 9.59 Å². The summed E-state index contributed by atoms with van der Waals surface area (Å²) in [6.07, 6.45) is 0. The van der Waals surface area contributed by atoms with Gasteiger partial charge < -0.3 is 14.6 Å². The topological polar surface area (TPSA) is 87.7 Å². The lowest BCUT2D eigenvalue weighted by molar-refractivity contribution is -0.141. The molecule has 7 rings (SSSR count). The van der Waals surface area contributed by atoms with Crippen molar-refractivity contribution in [3.63, 3.8) is 0 Å². The van der Waals surface area contributed by atoms with Crippen LogP contribution in [0.1, 0.15) is 33.4 Å². The predicted octanol–water partition coefficient (Wildman–Crippen LogP) is 8.42. The van der Waals surface area contributed by atoms with Crippen LogP contribution in [0.5, 0.6) is 0 Å². The van der Waals surface area contributed by atoms with E-state index in [-0.39, 0.29) is 0 Å². The predicted molar refractivity (Wildman–Crippen MR) is 175 cm³/mol. The molecule has 1 heterocycles. The molecule has 7 aromatic rings. The van der Waals surface area contributed by atoms with Crippen LogP contribution in [0.2, 0.25) is 0 Å². The number of fused-ring (bicyclic) bond motifs is 3. The van der Waals surface area contributed by atoms with Crippen molar-refractivity contribution >= 4 is 33.9 Å². The number of carbonyl (C=O) groups is 2. The first-order chi connectivity index (χ1) is 22.0. The van der Waals surface area contributed by atoms with Crippen LogP contribution < -0.4 is 0 Å². The van der Waals surface area contributed by atoms with Crippen LogP contribution >= 0.6 is 0 Å². The van der Waals surface area contributed by atoms with Gasteiger partial charge in [0.05, 0.1) is 0 Å². The number of hydrogen-bond acceptors (Lipinski definition) is 3. The molecular formula is C40H28O5. The van der Waals surface area contributed by atoms with Crippen molar-refractivity contribution in [1.82, 2.24) is 0 Å². The Morgan fingerprint density at radius 2 is 0.689 bits per heavy atom. The van der Waals surface area contributed by atoms with E-state index in [1.54, 1.807) is 12.1 Å². The maximum atomic E-state index is 13.6. The third-order valence-electron chi connectivity index (χ3n) is 8.80. The van der Waals surface area contributed by atoms with E-state index in [4.69, 9.17) is 4.42 Å². The minimum atomic E-state index is -1.61. The molecule has 0 aliphatic rings. The zero-order chi connectivity index (χ0) is 31.0. The molecule has 5 heteroatoms. The molecule has 45 heavy (non-hydrogen) atoms. The van der Waals surface area contributed by atoms with Crippen molar-refractivity contribution < 1.29 is 24.2 Å². The van der Waals surface area contributed by atoms with E-state index in [0.29, 0.717) is 55.3 Å². The Hall–Kier alpha value is -5.94. The Bertz CT molecular complexity index is 1920. The maximum absolute atomic E-state index is 13.6. The average molecular weight is 589 g/mol. The molecule has 0 saturated carbocycles. The minimum absolute atomic E-state index is 0.385. The van der Waals surface area contributed by atoms with Crippen molar-refractivity contribution in [2.24, 2.45) is 0 Å². The van der Waals surface area contributed by atoms with Crippen LogP contribution in [0, 0.1) is 0 Å². The average Bonchev–Trinajstić information content (AvgIpc) is 3.47. The highest BCUT2D eigenvalue weighted by atomic mass is 16.4. The standard InChI is InChI=1S/C40H28O5/c41-37(42)39(27-15-5-1-6-16-27,28-17-7-2-8-18-28)33-25-13-23-31-32-24-14-26-34(36(32)45-35(31)33)40(38(43)44,29-19-9-3-10-20-29)30-21-11-4-12-22-30/h1-26H,(H,41,42)(H,43,44). The molecule has 0 bridgehead atoms. The normalized spacial score (nSPS) is 11.9. The summed E-state index contributed by atoms with van der Waals surface area (Å²) in [7, 11) is 0. The second kappa shape index (κ2) is 11.0. The highest BCUT2D eigenvalue weighted by molar-refractivity contribution is 6.11. The van der Waals surface area contributed by atoms with Crippen molar-refractivity contribution in [2.45, 2.75) is 10.8 Å². The zero-order valence-electron chi connectivity index (χ0n) is 24.1. The highest BCUT2D eigenvalue weighted by Crippen LogP contribution is 2.48. The van der Waals surface area contributed by atoms with Gasteiger partial charge in [-0.15, -0.1) is 0 Å². The Morgan fingerprint density at radius 1 is 0.400 bits per heavy atom. The van der Waals surface area contributed by atoms with Crippen LogP contribution in [0.15, 0.2) is 162 Å². The van der Waals surface area contributed by atoms with Gasteiger partial charge in [0, 0.05) is 21.9 Å². The first-order valence-electron chi connectivity index (χ1n) is 14.6. The molecule has 0 spiro atoms. The van der Waals surface area contributed by atoms with E-state index in [0.717, 1.165) is 0 Å². The molecule has 5 nitrogen and oxygen atoms in total. The first kappa shape index (κ1) is 27.9. The summed E-state index contributed by atoms with van der Waals surface area (Å²) < 4.78 is 6.79. The SMILES string of the molecule is O=C(O)C(c1ccccc1)(c1ccccc1)c1cccc2c1oc1c(C(C(=O)O)(c3ccccc3)c3ccccc3)cccc12. The molecule has 6 aromatic carbocycles. The Balaban J connectivity index is 1.62. The summed E-state index contributed by atoms with van der Waals surface area (Å²) in [5.41, 5.74) is 0.745. The molecule has 2 N–H and O–H groups in total. The summed E-state index contributed by atoms with van der Waals surface area (Å²) in [4.78, 5) is 27.3. The highest BCUT2D eigenvalue weighted by Gasteiger charge is 2.48. The summed E-state index contributed by atoms with van der Waals surface area (Å²) in [5, 5.41) is 23.7. The van der Waals surface area contributed by atoms with Crippen molar-refractivity contribution in [1.29, 1.82) is 0 Å². The van der Waals surface area contributed by atoms with Gasteiger partial charge in [-0.25, -0.2) is 0 Å². The molecule has 0 atom stereocenters. The molecule has 0 amide bonds. The van der Waals surface area contributed by atoms with Gasteiger partial charge in [0.2, 0.25) is 0 Å². The van der Waals surface area contributed by atoms with Crippen LogP contribution in [-0.4, -0.2) is 22.2 Å². The molecule has 0 aliphatic heterocycles. The number of rotatable bonds is 8. The molecule has 0 radical (unpaired) electrons. The van der Waals surface area contributed by atoms with Crippen LogP contribution in [0.4, 0.5) is 0 Å². The Morgan fingerprint density at radius 3 is 0.956 bits per heavy atom. The lowest BCUT2D eigenvalue weighted by atomic mass is 9.69. The lowest BCUT2D eigenvalue weighted by Gasteiger charge is -2.31. The summed E-state index contributed by atoms with van der Waals surface area (Å²) >= 11 is 0. The molecule has 0 saturated heterocycles. The fourth-order valence-corrected chi connectivity index (χ4v) is 6.84. The van der Waals surface area contributed by atoms with Crippen molar-refractivity contribution in [2.75, 3.05) is 0 Å². The van der Waals surface area contributed by atoms with Gasteiger partial charge in [0.25, 0.3) is 0 Å². The van der Waals surface area contributed by atoms with Crippen LogP contribution in [0.25, 0.3) is 21.9 Å². The summed E-state index contributed by atoms with van der Waals surface area (Å²) in [6.45, 7) is 0. The third kappa shape index (κ3) is 4.09. The van der Waals surface area contributed by atoms with E-state index in [2.05, 4.69) is 0 Å². The Labute approximate surface area is 259 Å². The third-order valence-corrected chi connectivity index (χ3v) is 8.80. The van der Waals surface area contributed by atoms with E-state index < -0.39 is 22.8 Å². The van der Waals surface area contributed by atoms with Crippen LogP contribution in [-0.2, 0) is 20.4 Å². The second-order valence-corrected chi connectivity index (χ2v) is 11.0. The van der Waals surface area contributed by atoms with Crippen LogP contribution in [0.3, 0.4) is 0 Å². The van der Waals surface area contributed by atoms with Gasteiger partial charge >= 0.3 is 11.9 Å². The molecule has 1 aromatic heterocycles. The number of aliphatic carboxylic acids is 2. The first-order valence-corrected chi connectivity index (χ1v) is 14.6. The van der Waals surface area contributed by atoms with Gasteiger partial charge in [-0.05, 0) is 22.3 Å². The molecular weight excluding hydrogens is 560 g/mol. The largest absolute Gasteiger partial charge is 0.480 e. The van der Waals surface area contributed by atoms with E-state index in [9.17, 15) is 19.8 Å². The van der Waals surface area contributed by atoms with Crippen molar-refractivity contribution in [3.8, 4) is 0 Å². The van der Waals surface area contributed by atoms with Gasteiger partial charge in [0.1, 0.15) is 22.0 Å². The number of furan rings is 1. The smallest absolute Gasteiger partial charge is 0.323 e. The van der Waals surface area contributed by atoms with E-state index in [1.807, 2.05) is 146 Å². The number of para-hydroxylation sites is 2. The molecule has 0 fully saturated rings. The second-order valence-electron chi connectivity index (χ2n) is 11.0. The summed E-state index contributed by atoms with van der Waals surface area (Å²) in [6, 6.07) is 47.6. The summed E-state index contributed by atoms with van der Waals surface area (Å²) in [5.74, 6) is -2.11. The minimum Gasteiger partial charge on any atom is -0.480 e. The molecule has 0 aliphatic carbocycles. The van der Waals surface area contributed by atoms with Crippen molar-refractivity contribution in [3.05, 3.63) is 191 Å². The fraction of sp³-hybridized carbons (Fsp3) is 0.0500. The number of hydrogen-bond donors (Lipinski definition) is 2. The van der Waals surface area contributed by atoms with E-state index in [1.165, 1.54) is 0 Å². The fourth-order valence-electron chi connectivity index (χ4n) is 6.84. The Kier molecular flexibility index (Phi) is 6.79. The van der Waals surface area contributed by atoms with E-state index >= 15 is 0 Å². The molecule has 0 unspecified atom stereocenters. The number of carboxylic acid groups (broad SMARTS) is 2. The quantitative estimate of drug-likeness (QED) is 0.174. The van der Waals surface area contributed by atoms with Gasteiger partial charge in [-0.1, -0.05) is 158 Å². The van der Waals surface area contributed by atoms with Gasteiger partial charge in [-0.2, -0.15) is 0 Å². The lowest BCUT2D eigenvalue weighted by Crippen LogP contribution is -2.38. The van der Waals surface area contributed by atoms with Gasteiger partial charge in [0.15, 0.2) is 0 Å². The number of benzene rings is 6. The zero-order valence-corrected chi connectivity index (χ0v) is 24.1. The molecule has 218 valence electrons. The number of carboxylic acids is 2. The monoisotopic (exact) mass is 588 g/mol. The maximum Gasteiger partial charge on any atom is 0.323 e.